The molecule has 9 nitrogen and oxygen atoms in total. The average molecular weight is 366 g/mol. The number of aryl methyl sites for hydroxylation is 3. The fraction of sp³-hybridized carbons (Fsp3) is 0.533. The SMILES string of the molecule is Cc1cc(C(=O)N2CCN(S(=O)(=O)c3cnn(C)c3C)CC2)n(C)n1. The van der Waals surface area contributed by atoms with Crippen LogP contribution in [0.5, 0.6) is 0 Å². The second kappa shape index (κ2) is 6.26. The van der Waals surface area contributed by atoms with Crippen molar-refractivity contribution in [2.45, 2.75) is 18.7 Å². The lowest BCUT2D eigenvalue weighted by molar-refractivity contribution is 0.0686. The lowest BCUT2D eigenvalue weighted by Crippen LogP contribution is -2.50. The van der Waals surface area contributed by atoms with Crippen LogP contribution >= 0.6 is 0 Å². The largest absolute Gasteiger partial charge is 0.335 e. The summed E-state index contributed by atoms with van der Waals surface area (Å²) in [7, 11) is -0.158. The zero-order valence-electron chi connectivity index (χ0n) is 14.8. The first kappa shape index (κ1) is 17.6. The summed E-state index contributed by atoms with van der Waals surface area (Å²) in [4.78, 5) is 14.5. The van der Waals surface area contributed by atoms with Crippen molar-refractivity contribution in [1.29, 1.82) is 0 Å². The van der Waals surface area contributed by atoms with Crippen molar-refractivity contribution >= 4 is 15.9 Å². The van der Waals surface area contributed by atoms with E-state index in [-0.39, 0.29) is 23.9 Å². The molecule has 3 heterocycles. The molecular formula is C15H22N6O3S. The standard InChI is InChI=1S/C15H22N6O3S/c1-11-9-13(19(4)17-11)15(22)20-5-7-21(8-6-20)25(23,24)14-10-16-18(3)12(14)2/h9-10H,5-8H2,1-4H3. The van der Waals surface area contributed by atoms with E-state index < -0.39 is 10.0 Å². The van der Waals surface area contributed by atoms with Crippen LogP contribution in [0.3, 0.4) is 0 Å². The van der Waals surface area contributed by atoms with Gasteiger partial charge in [-0.25, -0.2) is 8.42 Å². The highest BCUT2D eigenvalue weighted by molar-refractivity contribution is 7.89. The summed E-state index contributed by atoms with van der Waals surface area (Å²) in [6, 6.07) is 1.74. The molecule has 136 valence electrons. The predicted molar refractivity (Wildman–Crippen MR) is 90.6 cm³/mol. The number of piperazine rings is 1. The smallest absolute Gasteiger partial charge is 0.272 e. The van der Waals surface area contributed by atoms with E-state index in [0.29, 0.717) is 24.5 Å². The third kappa shape index (κ3) is 3.07. The van der Waals surface area contributed by atoms with E-state index in [1.165, 1.54) is 15.2 Å². The predicted octanol–water partition coefficient (Wildman–Crippen LogP) is -0.0829. The van der Waals surface area contributed by atoms with E-state index in [4.69, 9.17) is 0 Å². The van der Waals surface area contributed by atoms with Crippen molar-refractivity contribution in [3.05, 3.63) is 29.3 Å². The van der Waals surface area contributed by atoms with Crippen LogP contribution in [0.2, 0.25) is 0 Å². The van der Waals surface area contributed by atoms with Gasteiger partial charge in [-0.15, -0.1) is 0 Å². The van der Waals surface area contributed by atoms with Crippen molar-refractivity contribution in [1.82, 2.24) is 28.8 Å². The van der Waals surface area contributed by atoms with Crippen LogP contribution in [-0.2, 0) is 24.1 Å². The normalized spacial score (nSPS) is 16.4. The molecule has 0 atom stereocenters. The molecular weight excluding hydrogens is 344 g/mol. The maximum absolute atomic E-state index is 12.8. The Balaban J connectivity index is 1.72. The Labute approximate surface area is 146 Å². The average Bonchev–Trinajstić information content (AvgIpc) is 3.09. The number of hydrogen-bond acceptors (Lipinski definition) is 5. The molecule has 0 unspecified atom stereocenters. The van der Waals surface area contributed by atoms with Gasteiger partial charge in [0.25, 0.3) is 5.91 Å². The zero-order valence-corrected chi connectivity index (χ0v) is 15.6. The highest BCUT2D eigenvalue weighted by Gasteiger charge is 2.33. The van der Waals surface area contributed by atoms with Gasteiger partial charge in [-0.05, 0) is 19.9 Å². The summed E-state index contributed by atoms with van der Waals surface area (Å²) in [5.41, 5.74) is 1.89. The fourth-order valence-corrected chi connectivity index (χ4v) is 4.58. The number of carbonyl (C=O) groups excluding carboxylic acids is 1. The second-order valence-corrected chi connectivity index (χ2v) is 8.12. The molecule has 1 fully saturated rings. The van der Waals surface area contributed by atoms with Gasteiger partial charge >= 0.3 is 0 Å². The Hall–Kier alpha value is -2.20. The molecule has 0 N–H and O–H groups in total. The van der Waals surface area contributed by atoms with Gasteiger partial charge in [0, 0.05) is 40.3 Å². The monoisotopic (exact) mass is 366 g/mol. The second-order valence-electron chi connectivity index (χ2n) is 6.21. The molecule has 1 aliphatic rings. The van der Waals surface area contributed by atoms with E-state index in [0.717, 1.165) is 5.69 Å². The molecule has 1 amide bonds. The Bertz CT molecular complexity index is 906. The maximum atomic E-state index is 12.8. The molecule has 25 heavy (non-hydrogen) atoms. The molecule has 0 spiro atoms. The Kier molecular flexibility index (Phi) is 4.41. The van der Waals surface area contributed by atoms with Crippen molar-refractivity contribution in [3.63, 3.8) is 0 Å². The molecule has 0 aromatic carbocycles. The number of carbonyl (C=O) groups is 1. The third-order valence-electron chi connectivity index (χ3n) is 4.55. The van der Waals surface area contributed by atoms with Gasteiger partial charge < -0.3 is 4.90 Å². The van der Waals surface area contributed by atoms with Crippen LogP contribution in [0, 0.1) is 13.8 Å². The molecule has 2 aromatic rings. The van der Waals surface area contributed by atoms with Crippen LogP contribution in [-0.4, -0.2) is 69.3 Å². The van der Waals surface area contributed by atoms with Gasteiger partial charge in [-0.2, -0.15) is 14.5 Å². The number of nitrogens with zero attached hydrogens (tertiary/aromatic N) is 6. The minimum atomic E-state index is -3.60. The molecule has 0 aliphatic carbocycles. The topological polar surface area (TPSA) is 93.3 Å². The molecule has 0 saturated carbocycles. The molecule has 2 aromatic heterocycles. The molecule has 1 saturated heterocycles. The summed E-state index contributed by atoms with van der Waals surface area (Å²) < 4.78 is 30.1. The van der Waals surface area contributed by atoms with Crippen LogP contribution in [0.1, 0.15) is 21.9 Å². The lowest BCUT2D eigenvalue weighted by atomic mass is 10.3. The number of aromatic nitrogens is 4. The number of sulfonamides is 1. The highest BCUT2D eigenvalue weighted by atomic mass is 32.2. The lowest BCUT2D eigenvalue weighted by Gasteiger charge is -2.33. The van der Waals surface area contributed by atoms with Gasteiger partial charge in [0.15, 0.2) is 0 Å². The van der Waals surface area contributed by atoms with E-state index >= 15 is 0 Å². The summed E-state index contributed by atoms with van der Waals surface area (Å²) in [6.45, 7) is 4.78. The van der Waals surface area contributed by atoms with Crippen molar-refractivity contribution in [3.8, 4) is 0 Å². The number of rotatable bonds is 3. The van der Waals surface area contributed by atoms with Gasteiger partial charge in [-0.3, -0.25) is 14.2 Å². The summed E-state index contributed by atoms with van der Waals surface area (Å²) in [6.07, 6.45) is 1.38. The van der Waals surface area contributed by atoms with Gasteiger partial charge in [-0.1, -0.05) is 0 Å². The van der Waals surface area contributed by atoms with Crippen molar-refractivity contribution in [2.24, 2.45) is 14.1 Å². The molecule has 10 heteroatoms. The molecule has 1 aliphatic heterocycles. The van der Waals surface area contributed by atoms with Crippen LogP contribution in [0.25, 0.3) is 0 Å². The van der Waals surface area contributed by atoms with E-state index in [2.05, 4.69) is 10.2 Å². The number of amides is 1. The minimum absolute atomic E-state index is 0.127. The van der Waals surface area contributed by atoms with Crippen LogP contribution < -0.4 is 0 Å². The number of hydrogen-bond donors (Lipinski definition) is 0. The van der Waals surface area contributed by atoms with E-state index in [1.54, 1.807) is 36.7 Å². The Morgan fingerprint density at radius 1 is 1.08 bits per heavy atom. The van der Waals surface area contributed by atoms with Gasteiger partial charge in [0.05, 0.1) is 17.6 Å². The van der Waals surface area contributed by atoms with Crippen LogP contribution in [0.15, 0.2) is 17.2 Å². The van der Waals surface area contributed by atoms with Gasteiger partial charge in [0.2, 0.25) is 10.0 Å². The zero-order chi connectivity index (χ0) is 18.4. The van der Waals surface area contributed by atoms with Crippen molar-refractivity contribution in [2.75, 3.05) is 26.2 Å². The van der Waals surface area contributed by atoms with Crippen LogP contribution in [0.4, 0.5) is 0 Å². The molecule has 3 rings (SSSR count). The first-order chi connectivity index (χ1) is 11.7. The Morgan fingerprint density at radius 3 is 2.20 bits per heavy atom. The quantitative estimate of drug-likeness (QED) is 0.757. The first-order valence-electron chi connectivity index (χ1n) is 8.00. The highest BCUT2D eigenvalue weighted by Crippen LogP contribution is 2.21. The molecule has 0 radical (unpaired) electrons. The van der Waals surface area contributed by atoms with E-state index in [1.807, 2.05) is 6.92 Å². The van der Waals surface area contributed by atoms with E-state index in [9.17, 15) is 13.2 Å². The summed E-state index contributed by atoms with van der Waals surface area (Å²) in [5.74, 6) is -0.127. The van der Waals surface area contributed by atoms with Gasteiger partial charge in [0.1, 0.15) is 10.6 Å². The third-order valence-corrected chi connectivity index (χ3v) is 6.56. The minimum Gasteiger partial charge on any atom is -0.335 e. The van der Waals surface area contributed by atoms with Crippen molar-refractivity contribution < 1.29 is 13.2 Å². The summed E-state index contributed by atoms with van der Waals surface area (Å²) in [5, 5.41) is 8.20. The summed E-state index contributed by atoms with van der Waals surface area (Å²) >= 11 is 0. The maximum Gasteiger partial charge on any atom is 0.272 e. The molecule has 0 bridgehead atoms. The fourth-order valence-electron chi connectivity index (χ4n) is 2.98. The Morgan fingerprint density at radius 2 is 1.72 bits per heavy atom. The first-order valence-corrected chi connectivity index (χ1v) is 9.44.